The molecule has 1 aromatic heterocycles. The zero-order valence-corrected chi connectivity index (χ0v) is 18.5. The molecule has 1 N–H and O–H groups in total. The van der Waals surface area contributed by atoms with E-state index in [2.05, 4.69) is 39.7 Å². The van der Waals surface area contributed by atoms with E-state index >= 15 is 0 Å². The van der Waals surface area contributed by atoms with Gasteiger partial charge in [-0.3, -0.25) is 4.79 Å². The van der Waals surface area contributed by atoms with Crippen LogP contribution in [0.15, 0.2) is 58.6 Å². The van der Waals surface area contributed by atoms with E-state index in [4.69, 9.17) is 25.5 Å². The number of fused-ring (bicyclic) bond motifs is 1. The molecule has 0 unspecified atom stereocenters. The normalized spacial score (nSPS) is 11.0. The summed E-state index contributed by atoms with van der Waals surface area (Å²) in [4.78, 5) is 12.3. The zero-order valence-electron chi connectivity index (χ0n) is 15.6. The second-order valence-corrected chi connectivity index (χ2v) is 7.45. The summed E-state index contributed by atoms with van der Waals surface area (Å²) in [7, 11) is 0. The third-order valence-corrected chi connectivity index (χ3v) is 4.80. The SMILES string of the molecule is C=CCOc1c(I)cc(/C=N/NC(=O)c2cc3cc(Cl)ccc3o2)cc1OCC. The number of hydrogen-bond donors (Lipinski definition) is 1. The van der Waals surface area contributed by atoms with E-state index in [1.165, 1.54) is 6.21 Å². The van der Waals surface area contributed by atoms with Gasteiger partial charge in [0, 0.05) is 10.4 Å². The second-order valence-electron chi connectivity index (χ2n) is 5.85. The van der Waals surface area contributed by atoms with Crippen LogP contribution in [0.5, 0.6) is 11.5 Å². The van der Waals surface area contributed by atoms with Crippen molar-refractivity contribution in [3.63, 3.8) is 0 Å². The van der Waals surface area contributed by atoms with Crippen LogP contribution in [0.1, 0.15) is 23.0 Å². The quantitative estimate of drug-likeness (QED) is 0.185. The van der Waals surface area contributed by atoms with Gasteiger partial charge in [0.1, 0.15) is 12.2 Å². The third-order valence-electron chi connectivity index (χ3n) is 3.76. The molecule has 0 radical (unpaired) electrons. The van der Waals surface area contributed by atoms with Crippen LogP contribution in [0.4, 0.5) is 0 Å². The Morgan fingerprint density at radius 2 is 2.14 bits per heavy atom. The van der Waals surface area contributed by atoms with Crippen LogP contribution < -0.4 is 14.9 Å². The second kappa shape index (κ2) is 9.80. The first-order valence-electron chi connectivity index (χ1n) is 8.74. The lowest BCUT2D eigenvalue weighted by atomic mass is 10.2. The molecule has 29 heavy (non-hydrogen) atoms. The van der Waals surface area contributed by atoms with Gasteiger partial charge >= 0.3 is 5.91 Å². The maximum atomic E-state index is 12.3. The van der Waals surface area contributed by atoms with Crippen LogP contribution in [0, 0.1) is 3.57 Å². The molecule has 0 aliphatic rings. The molecular weight excluding hydrogens is 507 g/mol. The molecule has 1 amide bonds. The summed E-state index contributed by atoms with van der Waals surface area (Å²) in [6.45, 7) is 6.42. The predicted octanol–water partition coefficient (Wildman–Crippen LogP) is 5.42. The fourth-order valence-corrected chi connectivity index (χ4v) is 3.52. The van der Waals surface area contributed by atoms with Crippen molar-refractivity contribution in [1.29, 1.82) is 0 Å². The van der Waals surface area contributed by atoms with Gasteiger partial charge in [-0.1, -0.05) is 24.3 Å². The Bertz CT molecular complexity index is 1080. The first-order valence-corrected chi connectivity index (χ1v) is 10.2. The van der Waals surface area contributed by atoms with Crippen molar-refractivity contribution in [2.24, 2.45) is 5.10 Å². The predicted molar refractivity (Wildman–Crippen MR) is 122 cm³/mol. The van der Waals surface area contributed by atoms with E-state index in [-0.39, 0.29) is 5.76 Å². The molecule has 3 aromatic rings. The lowest BCUT2D eigenvalue weighted by Crippen LogP contribution is -2.16. The minimum Gasteiger partial charge on any atom is -0.490 e. The molecule has 6 nitrogen and oxygen atoms in total. The number of hydrazone groups is 1. The van der Waals surface area contributed by atoms with Crippen LogP contribution in [0.3, 0.4) is 0 Å². The van der Waals surface area contributed by atoms with E-state index < -0.39 is 5.91 Å². The zero-order chi connectivity index (χ0) is 20.8. The molecule has 0 saturated carbocycles. The number of nitrogens with one attached hydrogen (secondary N) is 1. The molecule has 0 aliphatic carbocycles. The molecule has 3 rings (SSSR count). The summed E-state index contributed by atoms with van der Waals surface area (Å²) in [5, 5.41) is 5.33. The van der Waals surface area contributed by atoms with Gasteiger partial charge in [-0.25, -0.2) is 5.43 Å². The van der Waals surface area contributed by atoms with Crippen LogP contribution in [-0.4, -0.2) is 25.3 Å². The van der Waals surface area contributed by atoms with Gasteiger partial charge in [0.2, 0.25) is 0 Å². The highest BCUT2D eigenvalue weighted by Crippen LogP contribution is 2.34. The van der Waals surface area contributed by atoms with Crippen molar-refractivity contribution in [3.05, 3.63) is 69.0 Å². The molecule has 2 aromatic carbocycles. The smallest absolute Gasteiger partial charge is 0.307 e. The Balaban J connectivity index is 1.74. The van der Waals surface area contributed by atoms with Crippen molar-refractivity contribution in [2.45, 2.75) is 6.92 Å². The Morgan fingerprint density at radius 1 is 1.31 bits per heavy atom. The maximum absolute atomic E-state index is 12.3. The highest BCUT2D eigenvalue weighted by Gasteiger charge is 2.13. The Kier molecular flexibility index (Phi) is 7.16. The summed E-state index contributed by atoms with van der Waals surface area (Å²) in [6, 6.07) is 10.4. The number of benzene rings is 2. The molecule has 0 spiro atoms. The monoisotopic (exact) mass is 524 g/mol. The highest BCUT2D eigenvalue weighted by molar-refractivity contribution is 14.1. The fourth-order valence-electron chi connectivity index (χ4n) is 2.55. The van der Waals surface area contributed by atoms with Crippen molar-refractivity contribution in [1.82, 2.24) is 5.43 Å². The summed E-state index contributed by atoms with van der Waals surface area (Å²) >= 11 is 8.12. The number of ether oxygens (including phenoxy) is 2. The van der Waals surface area contributed by atoms with Crippen LogP contribution in [-0.2, 0) is 0 Å². The summed E-state index contributed by atoms with van der Waals surface area (Å²) in [6.07, 6.45) is 3.20. The molecular formula is C21H18ClIN2O4. The topological polar surface area (TPSA) is 73.1 Å². The molecule has 1 heterocycles. The van der Waals surface area contributed by atoms with Gasteiger partial charge < -0.3 is 13.9 Å². The van der Waals surface area contributed by atoms with Gasteiger partial charge in [-0.15, -0.1) is 0 Å². The highest BCUT2D eigenvalue weighted by atomic mass is 127. The van der Waals surface area contributed by atoms with Crippen molar-refractivity contribution in [3.8, 4) is 11.5 Å². The number of rotatable bonds is 8. The van der Waals surface area contributed by atoms with Crippen molar-refractivity contribution < 1.29 is 18.7 Å². The first kappa shape index (κ1) is 21.2. The van der Waals surface area contributed by atoms with E-state index in [9.17, 15) is 4.79 Å². The van der Waals surface area contributed by atoms with E-state index in [0.29, 0.717) is 35.3 Å². The van der Waals surface area contributed by atoms with E-state index in [1.807, 2.05) is 13.0 Å². The molecule has 0 bridgehead atoms. The van der Waals surface area contributed by atoms with Crippen LogP contribution in [0.2, 0.25) is 5.02 Å². The first-order chi connectivity index (χ1) is 14.0. The van der Waals surface area contributed by atoms with E-state index in [0.717, 1.165) is 14.5 Å². The van der Waals surface area contributed by atoms with Crippen LogP contribution >= 0.6 is 34.2 Å². The minimum absolute atomic E-state index is 0.150. The number of carbonyl (C=O) groups is 1. The molecule has 0 fully saturated rings. The van der Waals surface area contributed by atoms with Gasteiger partial charge in [0.05, 0.1) is 16.4 Å². The minimum atomic E-state index is -0.459. The molecule has 8 heteroatoms. The van der Waals surface area contributed by atoms with Gasteiger partial charge in [0.25, 0.3) is 0 Å². The molecule has 0 aliphatic heterocycles. The number of carbonyl (C=O) groups excluding carboxylic acids is 1. The van der Waals surface area contributed by atoms with Gasteiger partial charge in [0.15, 0.2) is 17.3 Å². The standard InChI is InChI=1S/C21H18ClIN2O4/c1-3-7-28-20-16(23)8-13(9-18(20)27-4-2)12-24-25-21(26)19-11-14-10-15(22)5-6-17(14)29-19/h3,5-6,8-12H,1,4,7H2,2H3,(H,25,26)/b24-12+. The Morgan fingerprint density at radius 3 is 2.90 bits per heavy atom. The summed E-state index contributed by atoms with van der Waals surface area (Å²) in [5.41, 5.74) is 3.79. The number of halogens is 2. The van der Waals surface area contributed by atoms with Gasteiger partial charge in [-0.2, -0.15) is 5.10 Å². The van der Waals surface area contributed by atoms with E-state index in [1.54, 1.807) is 36.4 Å². The molecule has 150 valence electrons. The lowest BCUT2D eigenvalue weighted by Gasteiger charge is -2.13. The largest absolute Gasteiger partial charge is 0.490 e. The number of amides is 1. The average Bonchev–Trinajstić information content (AvgIpc) is 3.11. The summed E-state index contributed by atoms with van der Waals surface area (Å²) < 4.78 is 17.7. The maximum Gasteiger partial charge on any atom is 0.307 e. The lowest BCUT2D eigenvalue weighted by molar-refractivity contribution is 0.0929. The van der Waals surface area contributed by atoms with Crippen molar-refractivity contribution in [2.75, 3.05) is 13.2 Å². The van der Waals surface area contributed by atoms with Crippen LogP contribution in [0.25, 0.3) is 11.0 Å². The Labute approximate surface area is 186 Å². The van der Waals surface area contributed by atoms with Gasteiger partial charge in [-0.05, 0) is 71.5 Å². The number of nitrogens with zero attached hydrogens (tertiary/aromatic N) is 1. The van der Waals surface area contributed by atoms with Crippen molar-refractivity contribution >= 4 is 57.3 Å². The average molecular weight is 525 g/mol. The third kappa shape index (κ3) is 5.30. The molecule has 0 saturated heterocycles. The summed E-state index contributed by atoms with van der Waals surface area (Å²) in [5.74, 6) is 0.939. The fraction of sp³-hybridized carbons (Fsp3) is 0.143. The Hall–Kier alpha value is -2.52. The number of furan rings is 1. The number of hydrogen-bond acceptors (Lipinski definition) is 5. The molecule has 0 atom stereocenters.